The third-order valence-corrected chi connectivity index (χ3v) is 7.40. The SMILES string of the molecule is COC(=O)c1c(OC[C@@H]2CCCN(C)C2)cc(=O)n2c1CCN(Cc1cccc3ncccc13)CC2. The van der Waals surface area contributed by atoms with Crippen molar-refractivity contribution in [2.45, 2.75) is 32.4 Å². The Balaban J connectivity index is 1.38. The molecule has 1 aromatic carbocycles. The van der Waals surface area contributed by atoms with Gasteiger partial charge >= 0.3 is 5.97 Å². The molecule has 2 aromatic heterocycles. The van der Waals surface area contributed by atoms with Crippen molar-refractivity contribution < 1.29 is 14.3 Å². The van der Waals surface area contributed by atoms with Gasteiger partial charge in [0.15, 0.2) is 0 Å². The predicted octanol–water partition coefficient (Wildman–Crippen LogP) is 2.96. The molecule has 5 rings (SSSR count). The third-order valence-electron chi connectivity index (χ3n) is 7.40. The second-order valence-corrected chi connectivity index (χ2v) is 9.91. The number of nitrogens with zero attached hydrogens (tertiary/aromatic N) is 4. The van der Waals surface area contributed by atoms with E-state index in [4.69, 9.17) is 9.47 Å². The predicted molar refractivity (Wildman–Crippen MR) is 138 cm³/mol. The first-order chi connectivity index (χ1) is 17.5. The highest BCUT2D eigenvalue weighted by molar-refractivity contribution is 5.93. The van der Waals surface area contributed by atoms with Crippen molar-refractivity contribution in [3.8, 4) is 5.75 Å². The van der Waals surface area contributed by atoms with E-state index in [2.05, 4.69) is 34.0 Å². The Morgan fingerprint density at radius 1 is 1.14 bits per heavy atom. The smallest absolute Gasteiger partial charge is 0.343 e. The number of fused-ring (bicyclic) bond motifs is 2. The molecule has 2 aliphatic heterocycles. The lowest BCUT2D eigenvalue weighted by Gasteiger charge is -2.29. The molecule has 0 N–H and O–H groups in total. The highest BCUT2D eigenvalue weighted by Crippen LogP contribution is 2.26. The van der Waals surface area contributed by atoms with E-state index >= 15 is 0 Å². The number of esters is 1. The first-order valence-corrected chi connectivity index (χ1v) is 12.7. The molecule has 3 aromatic rings. The number of carbonyl (C=O) groups excluding carboxylic acids is 1. The standard InChI is InChI=1S/C28H34N4O4/c1-30-12-5-6-20(17-30)19-36-25-16-26(33)32-15-14-31(13-10-24(32)27(25)28(34)35-2)18-21-7-3-9-23-22(21)8-4-11-29-23/h3-4,7-9,11,16,20H,5-6,10,12-15,17-19H2,1-2H3/t20-/m1/s1. The van der Waals surface area contributed by atoms with Crippen molar-refractivity contribution in [1.29, 1.82) is 0 Å². The molecule has 4 heterocycles. The molecular weight excluding hydrogens is 456 g/mol. The maximum atomic E-state index is 13.1. The number of carbonyl (C=O) groups is 1. The van der Waals surface area contributed by atoms with Crippen LogP contribution < -0.4 is 10.3 Å². The number of methoxy groups -OCH3 is 1. The van der Waals surface area contributed by atoms with Crippen molar-refractivity contribution >= 4 is 16.9 Å². The van der Waals surface area contributed by atoms with Gasteiger partial charge in [0.25, 0.3) is 5.56 Å². The highest BCUT2D eigenvalue weighted by atomic mass is 16.5. The number of hydrogen-bond donors (Lipinski definition) is 0. The number of pyridine rings is 2. The summed E-state index contributed by atoms with van der Waals surface area (Å²) in [6.07, 6.45) is 4.58. The molecule has 8 heteroatoms. The fourth-order valence-electron chi connectivity index (χ4n) is 5.55. The van der Waals surface area contributed by atoms with Gasteiger partial charge in [0.1, 0.15) is 11.3 Å². The molecule has 0 saturated carbocycles. The largest absolute Gasteiger partial charge is 0.492 e. The molecule has 1 fully saturated rings. The number of aromatic nitrogens is 2. The number of benzene rings is 1. The van der Waals surface area contributed by atoms with E-state index < -0.39 is 5.97 Å². The second kappa shape index (κ2) is 10.8. The lowest BCUT2D eigenvalue weighted by molar-refractivity contribution is 0.0590. The van der Waals surface area contributed by atoms with E-state index in [-0.39, 0.29) is 5.56 Å². The first kappa shape index (κ1) is 24.5. The molecule has 8 nitrogen and oxygen atoms in total. The van der Waals surface area contributed by atoms with Gasteiger partial charge in [-0.1, -0.05) is 18.2 Å². The van der Waals surface area contributed by atoms with Gasteiger partial charge in [-0.25, -0.2) is 4.79 Å². The fraction of sp³-hybridized carbons (Fsp3) is 0.464. The van der Waals surface area contributed by atoms with Crippen LogP contribution in [0, 0.1) is 5.92 Å². The Kier molecular flexibility index (Phi) is 7.34. The average molecular weight is 491 g/mol. The van der Waals surface area contributed by atoms with Crippen LogP contribution in [0.5, 0.6) is 5.75 Å². The second-order valence-electron chi connectivity index (χ2n) is 9.91. The first-order valence-electron chi connectivity index (χ1n) is 12.7. The maximum Gasteiger partial charge on any atom is 0.343 e. The minimum Gasteiger partial charge on any atom is -0.492 e. The molecule has 1 saturated heterocycles. The van der Waals surface area contributed by atoms with Gasteiger partial charge in [-0.2, -0.15) is 0 Å². The van der Waals surface area contributed by atoms with Gasteiger partial charge in [0.2, 0.25) is 0 Å². The van der Waals surface area contributed by atoms with E-state index in [1.54, 1.807) is 4.57 Å². The van der Waals surface area contributed by atoms with E-state index in [1.807, 2.05) is 24.4 Å². The van der Waals surface area contributed by atoms with Crippen molar-refractivity contribution in [2.24, 2.45) is 5.92 Å². The van der Waals surface area contributed by atoms with Crippen molar-refractivity contribution in [2.75, 3.05) is 46.9 Å². The van der Waals surface area contributed by atoms with E-state index in [0.717, 1.165) is 49.9 Å². The monoisotopic (exact) mass is 490 g/mol. The number of hydrogen-bond acceptors (Lipinski definition) is 7. The summed E-state index contributed by atoms with van der Waals surface area (Å²) in [5.74, 6) is 0.268. The quantitative estimate of drug-likeness (QED) is 0.492. The molecule has 0 aliphatic carbocycles. The van der Waals surface area contributed by atoms with Gasteiger partial charge < -0.3 is 18.9 Å². The summed E-state index contributed by atoms with van der Waals surface area (Å²) in [5.41, 5.74) is 3.13. The molecule has 0 spiro atoms. The zero-order chi connectivity index (χ0) is 25.1. The van der Waals surface area contributed by atoms with E-state index in [1.165, 1.54) is 18.7 Å². The van der Waals surface area contributed by atoms with E-state index in [0.29, 0.717) is 49.0 Å². The Labute approximate surface area is 211 Å². The average Bonchev–Trinajstić information content (AvgIpc) is 3.10. The summed E-state index contributed by atoms with van der Waals surface area (Å²) >= 11 is 0. The molecule has 0 bridgehead atoms. The van der Waals surface area contributed by atoms with Crippen LogP contribution in [-0.4, -0.2) is 72.3 Å². The van der Waals surface area contributed by atoms with Crippen LogP contribution >= 0.6 is 0 Å². The summed E-state index contributed by atoms with van der Waals surface area (Å²) in [5, 5.41) is 1.14. The molecular formula is C28H34N4O4. The Bertz CT molecular complexity index is 1300. The molecule has 0 radical (unpaired) electrons. The zero-order valence-electron chi connectivity index (χ0n) is 21.1. The summed E-state index contributed by atoms with van der Waals surface area (Å²) in [6, 6.07) is 11.7. The van der Waals surface area contributed by atoms with Crippen LogP contribution in [-0.2, 0) is 24.2 Å². The van der Waals surface area contributed by atoms with Gasteiger partial charge in [-0.15, -0.1) is 0 Å². The third kappa shape index (κ3) is 5.15. The molecule has 2 aliphatic rings. The Morgan fingerprint density at radius 2 is 2.03 bits per heavy atom. The van der Waals surface area contributed by atoms with Crippen LogP contribution in [0.4, 0.5) is 0 Å². The van der Waals surface area contributed by atoms with Crippen molar-refractivity contribution in [3.05, 3.63) is 69.8 Å². The number of likely N-dealkylation sites (tertiary alicyclic amines) is 1. The van der Waals surface area contributed by atoms with Gasteiger partial charge in [0.05, 0.1) is 19.2 Å². The number of rotatable bonds is 6. The van der Waals surface area contributed by atoms with Gasteiger partial charge in [0, 0.05) is 68.4 Å². The van der Waals surface area contributed by atoms with Gasteiger partial charge in [-0.3, -0.25) is 14.7 Å². The molecule has 1 atom stereocenters. The molecule has 190 valence electrons. The number of ether oxygens (including phenoxy) is 2. The van der Waals surface area contributed by atoms with Crippen LogP contribution in [0.1, 0.15) is 34.5 Å². The Morgan fingerprint density at radius 3 is 2.86 bits per heavy atom. The van der Waals surface area contributed by atoms with Crippen molar-refractivity contribution in [1.82, 2.24) is 19.4 Å². The van der Waals surface area contributed by atoms with Crippen molar-refractivity contribution in [3.63, 3.8) is 0 Å². The molecule has 0 unspecified atom stereocenters. The zero-order valence-corrected chi connectivity index (χ0v) is 21.1. The van der Waals surface area contributed by atoms with E-state index in [9.17, 15) is 9.59 Å². The van der Waals surface area contributed by atoms with Crippen LogP contribution in [0.25, 0.3) is 10.9 Å². The fourth-order valence-corrected chi connectivity index (χ4v) is 5.55. The molecule has 36 heavy (non-hydrogen) atoms. The summed E-state index contributed by atoms with van der Waals surface area (Å²) in [7, 11) is 3.49. The molecule has 0 amide bonds. The lowest BCUT2D eigenvalue weighted by atomic mass is 9.99. The number of piperidine rings is 1. The minimum atomic E-state index is -0.455. The Hall–Kier alpha value is -3.23. The summed E-state index contributed by atoms with van der Waals surface area (Å²) < 4.78 is 13.0. The van der Waals surface area contributed by atoms with Crippen LogP contribution in [0.2, 0.25) is 0 Å². The minimum absolute atomic E-state index is 0.135. The normalized spacial score (nSPS) is 19.0. The van der Waals surface area contributed by atoms with Crippen LogP contribution in [0.3, 0.4) is 0 Å². The lowest BCUT2D eigenvalue weighted by Crippen LogP contribution is -2.35. The van der Waals surface area contributed by atoms with Gasteiger partial charge in [-0.05, 0) is 44.1 Å². The highest BCUT2D eigenvalue weighted by Gasteiger charge is 2.27. The maximum absolute atomic E-state index is 13.1. The summed E-state index contributed by atoms with van der Waals surface area (Å²) in [6.45, 7) is 5.22. The summed E-state index contributed by atoms with van der Waals surface area (Å²) in [4.78, 5) is 35.1. The topological polar surface area (TPSA) is 76.9 Å². The van der Waals surface area contributed by atoms with Crippen LogP contribution in [0.15, 0.2) is 47.4 Å².